The number of guanidine groups is 1. The minimum absolute atomic E-state index is 0.185. The van der Waals surface area contributed by atoms with Gasteiger partial charge < -0.3 is 15.4 Å². The third kappa shape index (κ3) is 7.09. The van der Waals surface area contributed by atoms with Gasteiger partial charge in [-0.05, 0) is 50.5 Å². The first kappa shape index (κ1) is 17.4. The lowest BCUT2D eigenvalue weighted by atomic mass is 10.1. The van der Waals surface area contributed by atoms with Crippen LogP contribution < -0.4 is 10.6 Å². The summed E-state index contributed by atoms with van der Waals surface area (Å²) in [6.45, 7) is 9.48. The van der Waals surface area contributed by atoms with Crippen LogP contribution in [0, 0.1) is 12.7 Å². The molecule has 0 radical (unpaired) electrons. The van der Waals surface area contributed by atoms with E-state index in [0.29, 0.717) is 19.8 Å². The van der Waals surface area contributed by atoms with Crippen LogP contribution in [0.4, 0.5) is 4.39 Å². The molecular weight excluding hydrogens is 269 g/mol. The van der Waals surface area contributed by atoms with Gasteiger partial charge >= 0.3 is 0 Å². The van der Waals surface area contributed by atoms with E-state index in [9.17, 15) is 4.39 Å². The molecule has 0 aliphatic heterocycles. The molecule has 1 aromatic rings. The van der Waals surface area contributed by atoms with E-state index in [4.69, 9.17) is 4.74 Å². The van der Waals surface area contributed by atoms with Gasteiger partial charge in [-0.2, -0.15) is 0 Å². The first-order valence-corrected chi connectivity index (χ1v) is 7.52. The largest absolute Gasteiger partial charge is 0.380 e. The molecule has 0 aliphatic rings. The van der Waals surface area contributed by atoms with Gasteiger partial charge in [-0.25, -0.2) is 4.39 Å². The maximum Gasteiger partial charge on any atom is 0.191 e. The lowest BCUT2D eigenvalue weighted by Crippen LogP contribution is -2.38. The van der Waals surface area contributed by atoms with E-state index in [0.717, 1.165) is 36.6 Å². The minimum atomic E-state index is -0.185. The van der Waals surface area contributed by atoms with Crippen molar-refractivity contribution in [2.24, 2.45) is 4.99 Å². The van der Waals surface area contributed by atoms with Crippen LogP contribution in [-0.2, 0) is 11.2 Å². The Balaban J connectivity index is 2.42. The SMILES string of the molecule is CCNC(=NCCOCC)NCCc1ccc(F)cc1C. The van der Waals surface area contributed by atoms with E-state index in [2.05, 4.69) is 15.6 Å². The van der Waals surface area contributed by atoms with Crippen molar-refractivity contribution >= 4 is 5.96 Å². The molecule has 1 aromatic carbocycles. The van der Waals surface area contributed by atoms with Crippen molar-refractivity contribution < 1.29 is 9.13 Å². The summed E-state index contributed by atoms with van der Waals surface area (Å²) in [5.74, 6) is 0.604. The maximum absolute atomic E-state index is 13.0. The van der Waals surface area contributed by atoms with Crippen molar-refractivity contribution in [3.05, 3.63) is 35.1 Å². The molecule has 0 heterocycles. The van der Waals surface area contributed by atoms with Crippen LogP contribution >= 0.6 is 0 Å². The van der Waals surface area contributed by atoms with Crippen molar-refractivity contribution in [1.82, 2.24) is 10.6 Å². The quantitative estimate of drug-likeness (QED) is 0.439. The molecule has 0 bridgehead atoms. The fourth-order valence-corrected chi connectivity index (χ4v) is 1.96. The highest BCUT2D eigenvalue weighted by Gasteiger charge is 2.01. The predicted octanol–water partition coefficient (Wildman–Crippen LogP) is 2.27. The average molecular weight is 295 g/mol. The molecule has 4 nitrogen and oxygen atoms in total. The van der Waals surface area contributed by atoms with Crippen molar-refractivity contribution in [1.29, 1.82) is 0 Å². The second kappa shape index (κ2) is 10.2. The Kier molecular flexibility index (Phi) is 8.43. The second-order valence-electron chi connectivity index (χ2n) is 4.71. The first-order valence-electron chi connectivity index (χ1n) is 7.52. The Morgan fingerprint density at radius 2 is 2.10 bits per heavy atom. The van der Waals surface area contributed by atoms with Gasteiger partial charge in [-0.3, -0.25) is 4.99 Å². The first-order chi connectivity index (χ1) is 10.2. The number of benzene rings is 1. The van der Waals surface area contributed by atoms with Crippen LogP contribution in [0.3, 0.4) is 0 Å². The molecule has 0 aliphatic carbocycles. The van der Waals surface area contributed by atoms with Gasteiger partial charge in [0.1, 0.15) is 5.82 Å². The third-order valence-electron chi connectivity index (χ3n) is 3.05. The standard InChI is InChI=1S/C16H26FN3O/c1-4-18-16(20-10-11-21-5-2)19-9-8-14-6-7-15(17)12-13(14)3/h6-7,12H,4-5,8-11H2,1-3H3,(H2,18,19,20). The monoisotopic (exact) mass is 295 g/mol. The third-order valence-corrected chi connectivity index (χ3v) is 3.05. The molecular formula is C16H26FN3O. The summed E-state index contributed by atoms with van der Waals surface area (Å²) in [6.07, 6.45) is 0.835. The van der Waals surface area contributed by atoms with E-state index in [1.807, 2.05) is 26.8 Å². The molecule has 0 amide bonds. The molecule has 118 valence electrons. The summed E-state index contributed by atoms with van der Waals surface area (Å²) in [7, 11) is 0. The average Bonchev–Trinajstić information content (AvgIpc) is 2.45. The molecule has 0 atom stereocenters. The number of hydrogen-bond donors (Lipinski definition) is 2. The van der Waals surface area contributed by atoms with Gasteiger partial charge in [0.2, 0.25) is 0 Å². The van der Waals surface area contributed by atoms with Crippen molar-refractivity contribution in [2.45, 2.75) is 27.2 Å². The zero-order valence-electron chi connectivity index (χ0n) is 13.2. The van der Waals surface area contributed by atoms with Crippen molar-refractivity contribution in [3.8, 4) is 0 Å². The van der Waals surface area contributed by atoms with E-state index in [1.165, 1.54) is 6.07 Å². The molecule has 0 aromatic heterocycles. The van der Waals surface area contributed by atoms with Gasteiger partial charge in [-0.1, -0.05) is 6.07 Å². The van der Waals surface area contributed by atoms with Crippen LogP contribution in [0.15, 0.2) is 23.2 Å². The Bertz CT molecular complexity index is 449. The minimum Gasteiger partial charge on any atom is -0.380 e. The number of aryl methyl sites for hydroxylation is 1. The topological polar surface area (TPSA) is 45.7 Å². The fourth-order valence-electron chi connectivity index (χ4n) is 1.96. The smallest absolute Gasteiger partial charge is 0.191 e. The Morgan fingerprint density at radius 1 is 1.29 bits per heavy atom. The summed E-state index contributed by atoms with van der Waals surface area (Å²) in [6, 6.07) is 4.91. The van der Waals surface area contributed by atoms with Crippen LogP contribution in [0.2, 0.25) is 0 Å². The summed E-state index contributed by atoms with van der Waals surface area (Å²) in [5.41, 5.74) is 2.13. The summed E-state index contributed by atoms with van der Waals surface area (Å²) >= 11 is 0. The lowest BCUT2D eigenvalue weighted by Gasteiger charge is -2.12. The van der Waals surface area contributed by atoms with Crippen LogP contribution in [-0.4, -0.2) is 38.8 Å². The molecule has 0 fully saturated rings. The Labute approximate surface area is 126 Å². The van der Waals surface area contributed by atoms with Gasteiger partial charge in [0.25, 0.3) is 0 Å². The zero-order valence-corrected chi connectivity index (χ0v) is 13.2. The van der Waals surface area contributed by atoms with E-state index in [1.54, 1.807) is 6.07 Å². The van der Waals surface area contributed by atoms with Gasteiger partial charge in [0, 0.05) is 19.7 Å². The molecule has 0 saturated carbocycles. The summed E-state index contributed by atoms with van der Waals surface area (Å²) in [5, 5.41) is 6.47. The molecule has 1 rings (SSSR count). The molecule has 0 spiro atoms. The molecule has 21 heavy (non-hydrogen) atoms. The predicted molar refractivity (Wildman–Crippen MR) is 85.3 cm³/mol. The van der Waals surface area contributed by atoms with Crippen molar-refractivity contribution in [3.63, 3.8) is 0 Å². The Morgan fingerprint density at radius 3 is 2.76 bits per heavy atom. The number of nitrogens with one attached hydrogen (secondary N) is 2. The lowest BCUT2D eigenvalue weighted by molar-refractivity contribution is 0.155. The van der Waals surface area contributed by atoms with Crippen LogP contribution in [0.5, 0.6) is 0 Å². The molecule has 0 unspecified atom stereocenters. The van der Waals surface area contributed by atoms with Crippen molar-refractivity contribution in [2.75, 3.05) is 32.8 Å². The highest BCUT2D eigenvalue weighted by atomic mass is 19.1. The van der Waals surface area contributed by atoms with E-state index in [-0.39, 0.29) is 5.82 Å². The zero-order chi connectivity index (χ0) is 15.5. The van der Waals surface area contributed by atoms with E-state index >= 15 is 0 Å². The van der Waals surface area contributed by atoms with E-state index < -0.39 is 0 Å². The van der Waals surface area contributed by atoms with Gasteiger partial charge in [0.05, 0.1) is 13.2 Å². The highest BCUT2D eigenvalue weighted by Crippen LogP contribution is 2.10. The van der Waals surface area contributed by atoms with Gasteiger partial charge in [-0.15, -0.1) is 0 Å². The molecule has 2 N–H and O–H groups in total. The maximum atomic E-state index is 13.0. The number of rotatable bonds is 8. The summed E-state index contributed by atoms with van der Waals surface area (Å²) in [4.78, 5) is 4.43. The van der Waals surface area contributed by atoms with Crippen LogP contribution in [0.1, 0.15) is 25.0 Å². The molecule has 0 saturated heterocycles. The number of aliphatic imine (C=N–C) groups is 1. The number of hydrogen-bond acceptors (Lipinski definition) is 2. The van der Waals surface area contributed by atoms with Gasteiger partial charge in [0.15, 0.2) is 5.96 Å². The molecule has 5 heteroatoms. The fraction of sp³-hybridized carbons (Fsp3) is 0.562. The Hall–Kier alpha value is -1.62. The summed E-state index contributed by atoms with van der Waals surface area (Å²) < 4.78 is 18.3. The number of ether oxygens (including phenoxy) is 1. The number of halogens is 1. The number of nitrogens with zero attached hydrogens (tertiary/aromatic N) is 1. The highest BCUT2D eigenvalue weighted by molar-refractivity contribution is 5.79. The normalized spacial score (nSPS) is 11.5. The van der Waals surface area contributed by atoms with Crippen LogP contribution in [0.25, 0.3) is 0 Å². The second-order valence-corrected chi connectivity index (χ2v) is 4.71.